The predicted molar refractivity (Wildman–Crippen MR) is 89.2 cm³/mol. The third-order valence-electron chi connectivity index (χ3n) is 5.62. The van der Waals surface area contributed by atoms with Gasteiger partial charge >= 0.3 is 0 Å². The van der Waals surface area contributed by atoms with Gasteiger partial charge in [-0.05, 0) is 59.2 Å². The van der Waals surface area contributed by atoms with Crippen molar-refractivity contribution in [1.82, 2.24) is 0 Å². The Hall–Kier alpha value is 0.714. The van der Waals surface area contributed by atoms with Gasteiger partial charge in [-0.15, -0.1) is 0 Å². The monoisotopic (exact) mass is 318 g/mol. The van der Waals surface area contributed by atoms with Crippen molar-refractivity contribution in [3.8, 4) is 0 Å². The first-order valence-electron chi connectivity index (χ1n) is 7.50. The molecule has 21 heavy (non-hydrogen) atoms. The molecule has 0 aromatic rings. The Balaban J connectivity index is 0.000000364. The SMILES string of the molecule is C[C]1[C](C)[C](C)[C](C)[C]1C.C[C]1[C](C)[C](C)[C](C)[C]1C.[Ti]. The van der Waals surface area contributed by atoms with Crippen molar-refractivity contribution in [3.63, 3.8) is 0 Å². The van der Waals surface area contributed by atoms with Crippen LogP contribution in [0.3, 0.4) is 0 Å². The Bertz CT molecular complexity index is 181. The van der Waals surface area contributed by atoms with Crippen LogP contribution in [0.2, 0.25) is 0 Å². The largest absolute Gasteiger partial charge is 0.0579 e. The van der Waals surface area contributed by atoms with Crippen LogP contribution in [0.1, 0.15) is 69.2 Å². The van der Waals surface area contributed by atoms with Crippen LogP contribution in [0.5, 0.6) is 0 Å². The number of rotatable bonds is 0. The van der Waals surface area contributed by atoms with Crippen LogP contribution in [-0.4, -0.2) is 0 Å². The minimum atomic E-state index is 0. The Morgan fingerprint density at radius 1 is 0.238 bits per heavy atom. The van der Waals surface area contributed by atoms with E-state index in [0.29, 0.717) is 0 Å². The van der Waals surface area contributed by atoms with Crippen molar-refractivity contribution in [2.75, 3.05) is 0 Å². The first-order chi connectivity index (χ1) is 9.11. The molecule has 0 atom stereocenters. The summed E-state index contributed by atoms with van der Waals surface area (Å²) in [6.45, 7) is 22.0. The molecule has 0 heterocycles. The molecular weight excluding hydrogens is 288 g/mol. The smallest absolute Gasteiger partial charge is 0 e. The molecule has 2 aliphatic rings. The Kier molecular flexibility index (Phi) is 8.82. The third kappa shape index (κ3) is 4.38. The summed E-state index contributed by atoms with van der Waals surface area (Å²) in [5.41, 5.74) is 0. The predicted octanol–water partition coefficient (Wildman–Crippen LogP) is 5.94. The fourth-order valence-electron chi connectivity index (χ4n) is 2.81. The van der Waals surface area contributed by atoms with Gasteiger partial charge in [-0.2, -0.15) is 0 Å². The molecule has 0 saturated heterocycles. The molecule has 2 saturated carbocycles. The van der Waals surface area contributed by atoms with Gasteiger partial charge in [0.25, 0.3) is 0 Å². The van der Waals surface area contributed by atoms with Gasteiger partial charge in [-0.25, -0.2) is 0 Å². The summed E-state index contributed by atoms with van der Waals surface area (Å²) in [4.78, 5) is 0. The van der Waals surface area contributed by atoms with Crippen LogP contribution >= 0.6 is 0 Å². The average Bonchev–Trinajstić information content (AvgIpc) is 2.71. The van der Waals surface area contributed by atoms with Crippen molar-refractivity contribution in [2.24, 2.45) is 0 Å². The zero-order valence-corrected chi connectivity index (χ0v) is 17.1. The normalized spacial score (nSPS) is 27.1. The summed E-state index contributed by atoms with van der Waals surface area (Å²) in [6.07, 6.45) is 0. The molecule has 0 spiro atoms. The summed E-state index contributed by atoms with van der Waals surface area (Å²) in [5, 5.41) is 0. The summed E-state index contributed by atoms with van der Waals surface area (Å²) in [5.74, 6) is 14.7. The molecule has 2 aliphatic carbocycles. The zero-order valence-electron chi connectivity index (χ0n) is 15.5. The second kappa shape index (κ2) is 8.53. The van der Waals surface area contributed by atoms with E-state index in [1.165, 1.54) is 59.2 Å². The summed E-state index contributed by atoms with van der Waals surface area (Å²) >= 11 is 0. The van der Waals surface area contributed by atoms with Crippen LogP contribution in [0, 0.1) is 59.2 Å². The van der Waals surface area contributed by atoms with Crippen molar-refractivity contribution < 1.29 is 21.7 Å². The first-order valence-corrected chi connectivity index (χ1v) is 7.50. The van der Waals surface area contributed by atoms with E-state index >= 15 is 0 Å². The second-order valence-electron chi connectivity index (χ2n) is 6.25. The molecule has 1 heteroatoms. The van der Waals surface area contributed by atoms with Crippen molar-refractivity contribution in [3.05, 3.63) is 59.2 Å². The average molecular weight is 318 g/mol. The maximum absolute atomic E-state index is 2.20. The number of hydrogen-bond donors (Lipinski definition) is 0. The van der Waals surface area contributed by atoms with Crippen LogP contribution < -0.4 is 0 Å². The van der Waals surface area contributed by atoms with E-state index < -0.39 is 0 Å². The fourth-order valence-corrected chi connectivity index (χ4v) is 2.81. The summed E-state index contributed by atoms with van der Waals surface area (Å²) in [7, 11) is 0. The van der Waals surface area contributed by atoms with Crippen molar-refractivity contribution in [2.45, 2.75) is 69.2 Å². The van der Waals surface area contributed by atoms with E-state index in [1.807, 2.05) is 0 Å². The van der Waals surface area contributed by atoms with Gasteiger partial charge in [-0.1, -0.05) is 69.2 Å². The van der Waals surface area contributed by atoms with E-state index in [1.54, 1.807) is 0 Å². The Morgan fingerprint density at radius 3 is 0.333 bits per heavy atom. The number of hydrogen-bond acceptors (Lipinski definition) is 0. The third-order valence-corrected chi connectivity index (χ3v) is 5.62. The van der Waals surface area contributed by atoms with Crippen molar-refractivity contribution >= 4 is 0 Å². The Morgan fingerprint density at radius 2 is 0.286 bits per heavy atom. The van der Waals surface area contributed by atoms with Crippen LogP contribution in [0.4, 0.5) is 0 Å². The molecule has 10 radical (unpaired) electrons. The van der Waals surface area contributed by atoms with E-state index in [-0.39, 0.29) is 21.7 Å². The summed E-state index contributed by atoms with van der Waals surface area (Å²) < 4.78 is 0. The molecule has 0 bridgehead atoms. The minimum absolute atomic E-state index is 0. The van der Waals surface area contributed by atoms with Gasteiger partial charge in [0.2, 0.25) is 0 Å². The molecule has 0 aromatic carbocycles. The van der Waals surface area contributed by atoms with Gasteiger partial charge in [-0.3, -0.25) is 0 Å². The topological polar surface area (TPSA) is 0 Å². The molecule has 0 N–H and O–H groups in total. The zero-order chi connectivity index (χ0) is 15.8. The van der Waals surface area contributed by atoms with Gasteiger partial charge in [0, 0.05) is 21.7 Å². The summed E-state index contributed by atoms with van der Waals surface area (Å²) in [6, 6.07) is 0. The molecule has 0 nitrogen and oxygen atoms in total. The van der Waals surface area contributed by atoms with Gasteiger partial charge in [0.05, 0.1) is 0 Å². The van der Waals surface area contributed by atoms with Gasteiger partial charge in [0.15, 0.2) is 0 Å². The second-order valence-corrected chi connectivity index (χ2v) is 6.25. The van der Waals surface area contributed by atoms with Crippen LogP contribution in [-0.2, 0) is 21.7 Å². The van der Waals surface area contributed by atoms with E-state index in [4.69, 9.17) is 0 Å². The van der Waals surface area contributed by atoms with Crippen LogP contribution in [0.25, 0.3) is 0 Å². The Labute approximate surface area is 150 Å². The van der Waals surface area contributed by atoms with Gasteiger partial charge in [0.1, 0.15) is 0 Å². The molecule has 2 fully saturated rings. The minimum Gasteiger partial charge on any atom is -0.0579 e. The maximum atomic E-state index is 2.20. The molecule has 0 unspecified atom stereocenters. The molecule has 2 rings (SSSR count). The first kappa shape index (κ1) is 21.7. The van der Waals surface area contributed by atoms with E-state index in [2.05, 4.69) is 69.2 Å². The van der Waals surface area contributed by atoms with Gasteiger partial charge < -0.3 is 0 Å². The molecular formula is C20H30Ti. The van der Waals surface area contributed by atoms with E-state index in [9.17, 15) is 0 Å². The van der Waals surface area contributed by atoms with Crippen molar-refractivity contribution in [1.29, 1.82) is 0 Å². The quantitative estimate of drug-likeness (QED) is 0.485. The molecule has 0 aliphatic heterocycles. The molecule has 0 amide bonds. The maximum Gasteiger partial charge on any atom is 0 e. The standard InChI is InChI=1S/2C10H15.Ti/c2*1-6-7(2)9(4)10(5)8(6)3;/h2*1-5H3;. The van der Waals surface area contributed by atoms with Crippen LogP contribution in [0.15, 0.2) is 0 Å². The fraction of sp³-hybridized carbons (Fsp3) is 0.500. The molecule has 114 valence electrons. The van der Waals surface area contributed by atoms with E-state index in [0.717, 1.165) is 0 Å². The molecule has 0 aromatic heterocycles.